The Labute approximate surface area is 157 Å². The average Bonchev–Trinajstić information content (AvgIpc) is 2.65. The first-order valence-corrected chi connectivity index (χ1v) is 8.37. The molecular weight excluding hydrogens is 350 g/mol. The van der Waals surface area contributed by atoms with Crippen molar-refractivity contribution < 1.29 is 28.9 Å². The van der Waals surface area contributed by atoms with Gasteiger partial charge >= 0.3 is 5.97 Å². The van der Waals surface area contributed by atoms with E-state index in [1.807, 2.05) is 18.2 Å². The average molecular weight is 373 g/mol. The molecule has 0 aliphatic rings. The maximum absolute atomic E-state index is 12.3. The highest BCUT2D eigenvalue weighted by molar-refractivity contribution is 5.97. The number of rotatable bonds is 8. The molecule has 27 heavy (non-hydrogen) atoms. The number of hydrogen-bond acceptors (Lipinski definition) is 5. The minimum atomic E-state index is -1.15. The first-order valence-electron chi connectivity index (χ1n) is 8.37. The Morgan fingerprint density at radius 1 is 1.11 bits per heavy atom. The molecule has 0 spiro atoms. The van der Waals surface area contributed by atoms with E-state index >= 15 is 0 Å². The van der Waals surface area contributed by atoms with Gasteiger partial charge in [-0.3, -0.25) is 4.79 Å². The van der Waals surface area contributed by atoms with E-state index < -0.39 is 11.9 Å². The van der Waals surface area contributed by atoms with E-state index in [2.05, 4.69) is 19.2 Å². The van der Waals surface area contributed by atoms with E-state index in [9.17, 15) is 14.7 Å². The summed E-state index contributed by atoms with van der Waals surface area (Å²) in [5.74, 6) is -0.227. The van der Waals surface area contributed by atoms with E-state index in [0.29, 0.717) is 11.7 Å². The van der Waals surface area contributed by atoms with Crippen molar-refractivity contribution in [3.8, 4) is 17.2 Å². The largest absolute Gasteiger partial charge is 0.493 e. The molecular formula is C20H23NO6. The van der Waals surface area contributed by atoms with Crippen LogP contribution >= 0.6 is 0 Å². The van der Waals surface area contributed by atoms with Crippen molar-refractivity contribution in [2.75, 3.05) is 26.1 Å². The van der Waals surface area contributed by atoms with Crippen LogP contribution in [0.3, 0.4) is 0 Å². The van der Waals surface area contributed by atoms with E-state index in [-0.39, 0.29) is 29.4 Å². The lowest BCUT2D eigenvalue weighted by atomic mass is 10.0. The second kappa shape index (κ2) is 8.93. The summed E-state index contributed by atoms with van der Waals surface area (Å²) in [6.45, 7) is 3.91. The molecule has 0 saturated carbocycles. The number of carboxylic acid groups (broad SMARTS) is 1. The number of carbonyl (C=O) groups excluding carboxylic acids is 1. The Morgan fingerprint density at radius 2 is 1.85 bits per heavy atom. The van der Waals surface area contributed by atoms with Gasteiger partial charge in [-0.2, -0.15) is 0 Å². The second-order valence-corrected chi connectivity index (χ2v) is 6.13. The number of anilines is 1. The molecule has 1 amide bonds. The molecule has 0 radical (unpaired) electrons. The fourth-order valence-electron chi connectivity index (χ4n) is 2.48. The lowest BCUT2D eigenvalue weighted by Gasteiger charge is -2.15. The Morgan fingerprint density at radius 3 is 2.44 bits per heavy atom. The number of carbonyl (C=O) groups is 2. The molecule has 2 rings (SSSR count). The summed E-state index contributed by atoms with van der Waals surface area (Å²) in [7, 11) is 2.79. The minimum Gasteiger partial charge on any atom is -0.493 e. The van der Waals surface area contributed by atoms with Gasteiger partial charge in [0.25, 0.3) is 5.91 Å². The molecule has 2 aromatic carbocycles. The van der Waals surface area contributed by atoms with Gasteiger partial charge in [-0.15, -0.1) is 0 Å². The molecule has 0 unspecified atom stereocenters. The second-order valence-electron chi connectivity index (χ2n) is 6.13. The number of carboxylic acids is 1. The van der Waals surface area contributed by atoms with Crippen molar-refractivity contribution in [1.29, 1.82) is 0 Å². The predicted octanol–water partition coefficient (Wildman–Crippen LogP) is 3.54. The third-order valence-electron chi connectivity index (χ3n) is 3.89. The number of amides is 1. The van der Waals surface area contributed by atoms with Crippen LogP contribution in [0, 0.1) is 0 Å². The molecule has 0 fully saturated rings. The molecule has 0 atom stereocenters. The quantitative estimate of drug-likeness (QED) is 0.735. The highest BCUT2D eigenvalue weighted by Gasteiger charge is 2.18. The highest BCUT2D eigenvalue weighted by Crippen LogP contribution is 2.36. The Bertz CT molecular complexity index is 831. The lowest BCUT2D eigenvalue weighted by Crippen LogP contribution is -2.21. The maximum Gasteiger partial charge on any atom is 0.335 e. The summed E-state index contributed by atoms with van der Waals surface area (Å²) in [6.07, 6.45) is 0. The Hall–Kier alpha value is -3.22. The van der Waals surface area contributed by atoms with Gasteiger partial charge in [0, 0.05) is 0 Å². The van der Waals surface area contributed by atoms with Crippen molar-refractivity contribution in [2.24, 2.45) is 0 Å². The van der Waals surface area contributed by atoms with Gasteiger partial charge in [-0.05, 0) is 35.7 Å². The van der Waals surface area contributed by atoms with Gasteiger partial charge in [0.05, 0.1) is 25.5 Å². The van der Waals surface area contributed by atoms with Crippen LogP contribution in [0.1, 0.15) is 35.7 Å². The Kier molecular flexibility index (Phi) is 6.65. The van der Waals surface area contributed by atoms with Crippen LogP contribution in [0.5, 0.6) is 17.2 Å². The summed E-state index contributed by atoms with van der Waals surface area (Å²) in [5, 5.41) is 11.8. The molecule has 2 N–H and O–H groups in total. The number of aromatic carboxylic acids is 1. The van der Waals surface area contributed by atoms with Crippen molar-refractivity contribution in [3.05, 3.63) is 47.5 Å². The molecule has 0 bridgehead atoms. The van der Waals surface area contributed by atoms with Crippen LogP contribution in [0.2, 0.25) is 0 Å². The number of nitrogens with one attached hydrogen (secondary N) is 1. The maximum atomic E-state index is 12.3. The standard InChI is InChI=1S/C20H23NO6/c1-12(2)13-6-5-7-15(8-13)27-11-18(22)21-16-9-14(20(23)24)10-17(25-3)19(16)26-4/h5-10,12H,11H2,1-4H3,(H,21,22)(H,23,24). The van der Waals surface area contributed by atoms with Gasteiger partial charge in [0.1, 0.15) is 5.75 Å². The predicted molar refractivity (Wildman–Crippen MR) is 101 cm³/mol. The zero-order chi connectivity index (χ0) is 20.0. The molecule has 0 aliphatic carbocycles. The number of methoxy groups -OCH3 is 2. The number of benzene rings is 2. The van der Waals surface area contributed by atoms with Crippen molar-refractivity contribution in [2.45, 2.75) is 19.8 Å². The van der Waals surface area contributed by atoms with Gasteiger partial charge in [0.2, 0.25) is 0 Å². The van der Waals surface area contributed by atoms with Crippen LogP contribution in [0.4, 0.5) is 5.69 Å². The van der Waals surface area contributed by atoms with Crippen LogP contribution in [0.25, 0.3) is 0 Å². The van der Waals surface area contributed by atoms with Crippen molar-refractivity contribution >= 4 is 17.6 Å². The van der Waals surface area contributed by atoms with E-state index in [0.717, 1.165) is 5.56 Å². The van der Waals surface area contributed by atoms with Crippen LogP contribution in [-0.4, -0.2) is 37.8 Å². The fourth-order valence-corrected chi connectivity index (χ4v) is 2.48. The third kappa shape index (κ3) is 5.13. The summed E-state index contributed by atoms with van der Waals surface area (Å²) in [5.41, 5.74) is 1.26. The van der Waals surface area contributed by atoms with E-state index in [1.165, 1.54) is 26.4 Å². The molecule has 7 nitrogen and oxygen atoms in total. The fraction of sp³-hybridized carbons (Fsp3) is 0.300. The van der Waals surface area contributed by atoms with Crippen molar-refractivity contribution in [1.82, 2.24) is 0 Å². The third-order valence-corrected chi connectivity index (χ3v) is 3.89. The van der Waals surface area contributed by atoms with Gasteiger partial charge in [0.15, 0.2) is 18.1 Å². The molecule has 0 aromatic heterocycles. The molecule has 7 heteroatoms. The monoisotopic (exact) mass is 373 g/mol. The summed E-state index contributed by atoms with van der Waals surface area (Å²) in [4.78, 5) is 23.5. The van der Waals surface area contributed by atoms with Crippen molar-refractivity contribution in [3.63, 3.8) is 0 Å². The topological polar surface area (TPSA) is 94.1 Å². The highest BCUT2D eigenvalue weighted by atomic mass is 16.5. The normalized spacial score (nSPS) is 10.4. The van der Waals surface area contributed by atoms with E-state index in [1.54, 1.807) is 6.07 Å². The first kappa shape index (κ1) is 20.1. The summed E-state index contributed by atoms with van der Waals surface area (Å²) in [6, 6.07) is 10.1. The number of ether oxygens (including phenoxy) is 3. The van der Waals surface area contributed by atoms with E-state index in [4.69, 9.17) is 14.2 Å². The molecule has 2 aromatic rings. The zero-order valence-electron chi connectivity index (χ0n) is 15.7. The molecule has 144 valence electrons. The summed E-state index contributed by atoms with van der Waals surface area (Å²) >= 11 is 0. The summed E-state index contributed by atoms with van der Waals surface area (Å²) < 4.78 is 15.9. The van der Waals surface area contributed by atoms with Gasteiger partial charge in [-0.25, -0.2) is 4.79 Å². The molecule has 0 saturated heterocycles. The van der Waals surface area contributed by atoms with Gasteiger partial charge < -0.3 is 24.6 Å². The van der Waals surface area contributed by atoms with Crippen LogP contribution < -0.4 is 19.5 Å². The Balaban J connectivity index is 2.14. The van der Waals surface area contributed by atoms with Crippen LogP contribution in [0.15, 0.2) is 36.4 Å². The molecule has 0 heterocycles. The minimum absolute atomic E-state index is 0.0338. The first-order chi connectivity index (χ1) is 12.8. The smallest absolute Gasteiger partial charge is 0.335 e. The number of hydrogen-bond donors (Lipinski definition) is 2. The molecule has 0 aliphatic heterocycles. The van der Waals surface area contributed by atoms with Crippen LogP contribution in [-0.2, 0) is 4.79 Å². The van der Waals surface area contributed by atoms with Gasteiger partial charge in [-0.1, -0.05) is 26.0 Å². The lowest BCUT2D eigenvalue weighted by molar-refractivity contribution is -0.118. The zero-order valence-corrected chi connectivity index (χ0v) is 15.7. The SMILES string of the molecule is COc1cc(C(=O)O)cc(NC(=O)COc2cccc(C(C)C)c2)c1OC.